The van der Waals surface area contributed by atoms with E-state index in [2.05, 4.69) is 34.1 Å². The zero-order chi connectivity index (χ0) is 22.6. The summed E-state index contributed by atoms with van der Waals surface area (Å²) in [6.45, 7) is 5.28. The van der Waals surface area contributed by atoms with Crippen LogP contribution in [0.4, 0.5) is 10.9 Å². The van der Waals surface area contributed by atoms with E-state index >= 15 is 0 Å². The number of thiophene rings is 1. The van der Waals surface area contributed by atoms with E-state index in [0.717, 1.165) is 40.3 Å². The molecule has 0 amide bonds. The van der Waals surface area contributed by atoms with Gasteiger partial charge in [0.2, 0.25) is 11.8 Å². The highest BCUT2D eigenvalue weighted by Gasteiger charge is 2.22. The van der Waals surface area contributed by atoms with Gasteiger partial charge in [0.25, 0.3) is 0 Å². The molecule has 33 heavy (non-hydrogen) atoms. The maximum absolute atomic E-state index is 6.29. The lowest BCUT2D eigenvalue weighted by Gasteiger charge is -2.14. The lowest BCUT2D eigenvalue weighted by molar-refractivity contribution is 0.105. The van der Waals surface area contributed by atoms with Crippen LogP contribution in [0.2, 0.25) is 0 Å². The molecule has 4 aromatic heterocycles. The minimum absolute atomic E-state index is 0.0320. The standard InChI is InChI=1S/C22H27N7O3S/c1-3-23-14-31-11-15-8-19(33-13-15)26-22-25-18-4-6-29(16-9-24-28(2)10-16)20(18)21(27-22)32-17-5-7-30-12-17/h4,6,8-10,13,17,23H,3,5,7,11-12,14H2,1-2H3,(H,25,26,27)/t17-/m0/s1. The highest BCUT2D eigenvalue weighted by atomic mass is 32.1. The quantitative estimate of drug-likeness (QED) is 0.270. The van der Waals surface area contributed by atoms with Crippen molar-refractivity contribution >= 4 is 33.3 Å². The Kier molecular flexibility index (Phi) is 6.53. The molecule has 1 saturated heterocycles. The summed E-state index contributed by atoms with van der Waals surface area (Å²) >= 11 is 1.59. The Bertz CT molecular complexity index is 1210. The Morgan fingerprint density at radius 1 is 1.33 bits per heavy atom. The number of hydrogen-bond donors (Lipinski definition) is 2. The molecule has 0 aliphatic carbocycles. The van der Waals surface area contributed by atoms with Crippen LogP contribution in [0.25, 0.3) is 16.7 Å². The highest BCUT2D eigenvalue weighted by Crippen LogP contribution is 2.31. The number of aromatic nitrogens is 5. The Morgan fingerprint density at radius 2 is 2.27 bits per heavy atom. The van der Waals surface area contributed by atoms with Crippen molar-refractivity contribution < 1.29 is 14.2 Å². The molecule has 0 unspecified atom stereocenters. The molecule has 4 aromatic rings. The molecule has 1 aliphatic rings. The normalized spacial score (nSPS) is 16.0. The first kappa shape index (κ1) is 21.8. The van der Waals surface area contributed by atoms with Gasteiger partial charge in [0.05, 0.1) is 49.0 Å². The summed E-state index contributed by atoms with van der Waals surface area (Å²) in [4.78, 5) is 9.48. The maximum Gasteiger partial charge on any atom is 0.244 e. The Morgan fingerprint density at radius 3 is 3.06 bits per heavy atom. The first-order valence-electron chi connectivity index (χ1n) is 10.9. The fourth-order valence-corrected chi connectivity index (χ4v) is 4.42. The molecule has 1 aliphatic heterocycles. The van der Waals surface area contributed by atoms with E-state index < -0.39 is 0 Å². The third-order valence-corrected chi connectivity index (χ3v) is 6.14. The van der Waals surface area contributed by atoms with E-state index in [1.165, 1.54) is 0 Å². The molecule has 0 spiro atoms. The fourth-order valence-electron chi connectivity index (χ4n) is 3.63. The van der Waals surface area contributed by atoms with Crippen molar-refractivity contribution in [2.24, 2.45) is 7.05 Å². The number of aryl methyl sites for hydroxylation is 1. The van der Waals surface area contributed by atoms with E-state index in [1.54, 1.807) is 22.2 Å². The van der Waals surface area contributed by atoms with Crippen LogP contribution < -0.4 is 15.4 Å². The van der Waals surface area contributed by atoms with Crippen LogP contribution in [0, 0.1) is 0 Å². The topological polar surface area (TPSA) is 100 Å². The summed E-state index contributed by atoms with van der Waals surface area (Å²) < 4.78 is 21.2. The maximum atomic E-state index is 6.29. The molecule has 0 bridgehead atoms. The second-order valence-corrected chi connectivity index (χ2v) is 8.70. The molecular formula is C22H27N7O3S. The molecule has 1 atom stereocenters. The van der Waals surface area contributed by atoms with Gasteiger partial charge in [0, 0.05) is 25.9 Å². The van der Waals surface area contributed by atoms with Crippen molar-refractivity contribution in [3.63, 3.8) is 0 Å². The Balaban J connectivity index is 1.42. The summed E-state index contributed by atoms with van der Waals surface area (Å²) in [5, 5.41) is 13.8. The van der Waals surface area contributed by atoms with Crippen molar-refractivity contribution in [1.82, 2.24) is 29.6 Å². The van der Waals surface area contributed by atoms with Gasteiger partial charge in [0.15, 0.2) is 0 Å². The predicted octanol–water partition coefficient (Wildman–Crippen LogP) is 3.21. The molecule has 0 radical (unpaired) electrons. The average Bonchev–Trinajstić information content (AvgIpc) is 3.59. The molecule has 2 N–H and O–H groups in total. The average molecular weight is 470 g/mol. The molecule has 10 nitrogen and oxygen atoms in total. The Labute approximate surface area is 195 Å². The predicted molar refractivity (Wildman–Crippen MR) is 126 cm³/mol. The van der Waals surface area contributed by atoms with Crippen molar-refractivity contribution in [1.29, 1.82) is 0 Å². The molecular weight excluding hydrogens is 442 g/mol. The van der Waals surface area contributed by atoms with Crippen molar-refractivity contribution in [3.05, 3.63) is 41.7 Å². The van der Waals surface area contributed by atoms with E-state index in [-0.39, 0.29) is 6.10 Å². The number of nitrogens with zero attached hydrogens (tertiary/aromatic N) is 5. The number of fused-ring (bicyclic) bond motifs is 1. The van der Waals surface area contributed by atoms with Gasteiger partial charge in [-0.1, -0.05) is 6.92 Å². The van der Waals surface area contributed by atoms with Crippen LogP contribution in [0.1, 0.15) is 18.9 Å². The van der Waals surface area contributed by atoms with E-state index in [1.807, 2.05) is 30.1 Å². The zero-order valence-electron chi connectivity index (χ0n) is 18.7. The summed E-state index contributed by atoms with van der Waals surface area (Å²) in [7, 11) is 1.89. The molecule has 5 rings (SSSR count). The molecule has 1 fully saturated rings. The van der Waals surface area contributed by atoms with E-state index in [0.29, 0.717) is 38.4 Å². The van der Waals surface area contributed by atoms with Gasteiger partial charge in [0.1, 0.15) is 11.6 Å². The molecule has 5 heterocycles. The molecule has 174 valence electrons. The molecule has 0 aromatic carbocycles. The molecule has 0 saturated carbocycles. The minimum Gasteiger partial charge on any atom is -0.470 e. The van der Waals surface area contributed by atoms with Crippen molar-refractivity contribution in [2.75, 3.05) is 31.8 Å². The second kappa shape index (κ2) is 9.87. The number of rotatable bonds is 10. The fraction of sp³-hybridized carbons (Fsp3) is 0.409. The van der Waals surface area contributed by atoms with Gasteiger partial charge in [-0.25, -0.2) is 4.98 Å². The van der Waals surface area contributed by atoms with Crippen LogP contribution >= 0.6 is 11.3 Å². The summed E-state index contributed by atoms with van der Waals surface area (Å²) in [6.07, 6.45) is 6.51. The smallest absolute Gasteiger partial charge is 0.244 e. The SMILES string of the molecule is CCNCOCc1csc(Nc2nc(O[C@H]3CCOC3)c3c(ccn3-c3cnn(C)c3)n2)c1. The third-order valence-electron chi connectivity index (χ3n) is 5.25. The number of nitrogens with one attached hydrogen (secondary N) is 2. The van der Waals surface area contributed by atoms with Gasteiger partial charge < -0.3 is 24.1 Å². The lowest BCUT2D eigenvalue weighted by atomic mass is 10.3. The van der Waals surface area contributed by atoms with E-state index in [4.69, 9.17) is 24.2 Å². The van der Waals surface area contributed by atoms with Crippen LogP contribution in [-0.4, -0.2) is 56.9 Å². The van der Waals surface area contributed by atoms with Crippen LogP contribution in [-0.2, 0) is 23.1 Å². The van der Waals surface area contributed by atoms with Crippen LogP contribution in [0.5, 0.6) is 5.88 Å². The van der Waals surface area contributed by atoms with E-state index in [9.17, 15) is 0 Å². The largest absolute Gasteiger partial charge is 0.470 e. The summed E-state index contributed by atoms with van der Waals surface area (Å²) in [5.74, 6) is 1.01. The van der Waals surface area contributed by atoms with Crippen molar-refractivity contribution in [3.8, 4) is 11.6 Å². The Hall–Kier alpha value is -2.99. The highest BCUT2D eigenvalue weighted by molar-refractivity contribution is 7.14. The van der Waals surface area contributed by atoms with Gasteiger partial charge in [-0.2, -0.15) is 10.1 Å². The van der Waals surface area contributed by atoms with Gasteiger partial charge >= 0.3 is 0 Å². The first-order valence-corrected chi connectivity index (χ1v) is 11.8. The zero-order valence-corrected chi connectivity index (χ0v) is 19.5. The van der Waals surface area contributed by atoms with Gasteiger partial charge in [-0.05, 0) is 29.6 Å². The van der Waals surface area contributed by atoms with Gasteiger partial charge in [-0.3, -0.25) is 10.00 Å². The lowest BCUT2D eigenvalue weighted by Crippen LogP contribution is -2.17. The minimum atomic E-state index is -0.0320. The van der Waals surface area contributed by atoms with Crippen LogP contribution in [0.15, 0.2) is 36.1 Å². The third kappa shape index (κ3) is 5.01. The summed E-state index contributed by atoms with van der Waals surface area (Å²) in [5.41, 5.74) is 3.62. The van der Waals surface area contributed by atoms with Crippen LogP contribution in [0.3, 0.4) is 0 Å². The monoisotopic (exact) mass is 469 g/mol. The molecule has 11 heteroatoms. The number of ether oxygens (including phenoxy) is 3. The van der Waals surface area contributed by atoms with Gasteiger partial charge in [-0.15, -0.1) is 11.3 Å². The summed E-state index contributed by atoms with van der Waals surface area (Å²) in [6, 6.07) is 4.01. The number of hydrogen-bond acceptors (Lipinski definition) is 9. The number of anilines is 2. The first-order chi connectivity index (χ1) is 16.2. The second-order valence-electron chi connectivity index (χ2n) is 7.79. The van der Waals surface area contributed by atoms with Crippen molar-refractivity contribution in [2.45, 2.75) is 26.1 Å².